The first-order chi connectivity index (χ1) is 23.7. The summed E-state index contributed by atoms with van der Waals surface area (Å²) in [4.78, 5) is 0. The van der Waals surface area contributed by atoms with E-state index in [1.165, 1.54) is 21.5 Å². The quantitative estimate of drug-likeness (QED) is 0.199. The van der Waals surface area contributed by atoms with Gasteiger partial charge in [0.05, 0.1) is 38.9 Å². The largest absolute Gasteiger partial charge is 0.309 e. The van der Waals surface area contributed by atoms with Crippen molar-refractivity contribution in [1.29, 1.82) is 10.5 Å². The monoisotopic (exact) mass is 610 g/mol. The first kappa shape index (κ1) is 27.4. The molecule has 0 fully saturated rings. The minimum atomic E-state index is 0.354. The third kappa shape index (κ3) is 4.07. The Kier molecular flexibility index (Phi) is 6.22. The molecule has 0 amide bonds. The fraction of sp³-hybridized carbons (Fsp3) is 0. The van der Waals surface area contributed by atoms with Gasteiger partial charge in [-0.2, -0.15) is 10.5 Å². The zero-order chi connectivity index (χ0) is 32.2. The van der Waals surface area contributed by atoms with Crippen LogP contribution in [0.4, 0.5) is 0 Å². The number of nitrogens with zero attached hydrogens (tertiary/aromatic N) is 4. The smallest absolute Gasteiger partial charge is 0.101 e. The van der Waals surface area contributed by atoms with E-state index in [0.29, 0.717) is 11.1 Å². The summed E-state index contributed by atoms with van der Waals surface area (Å²) in [5, 5.41) is 25.1. The van der Waals surface area contributed by atoms with Gasteiger partial charge in [0.15, 0.2) is 0 Å². The number of rotatable bonds is 4. The van der Waals surface area contributed by atoms with Crippen molar-refractivity contribution >= 4 is 43.6 Å². The van der Waals surface area contributed by atoms with Gasteiger partial charge in [0, 0.05) is 32.8 Å². The number of aromatic nitrogens is 2. The molecule has 222 valence electrons. The van der Waals surface area contributed by atoms with E-state index < -0.39 is 0 Å². The molecular weight excluding hydrogens is 585 g/mol. The Balaban J connectivity index is 1.32. The first-order valence-corrected chi connectivity index (χ1v) is 15.9. The highest BCUT2D eigenvalue weighted by Crippen LogP contribution is 2.41. The van der Waals surface area contributed by atoms with Crippen LogP contribution in [0.3, 0.4) is 0 Å². The molecule has 0 bridgehead atoms. The zero-order valence-electron chi connectivity index (χ0n) is 25.8. The van der Waals surface area contributed by atoms with E-state index in [9.17, 15) is 10.5 Å². The normalized spacial score (nSPS) is 11.3. The highest BCUT2D eigenvalue weighted by molar-refractivity contribution is 6.11. The number of para-hydroxylation sites is 5. The number of fused-ring (bicyclic) bond motifs is 6. The van der Waals surface area contributed by atoms with Crippen molar-refractivity contribution < 1.29 is 0 Å². The van der Waals surface area contributed by atoms with Crippen LogP contribution in [-0.2, 0) is 0 Å². The lowest BCUT2D eigenvalue weighted by atomic mass is 9.89. The molecule has 48 heavy (non-hydrogen) atoms. The molecule has 9 aromatic rings. The molecule has 0 saturated heterocycles. The maximum absolute atomic E-state index is 10.2. The molecule has 0 radical (unpaired) electrons. The number of hydrogen-bond acceptors (Lipinski definition) is 2. The Hall–Kier alpha value is -6.88. The highest BCUT2D eigenvalue weighted by Gasteiger charge is 2.20. The lowest BCUT2D eigenvalue weighted by Gasteiger charge is -2.18. The van der Waals surface area contributed by atoms with Crippen LogP contribution in [0.5, 0.6) is 0 Å². The lowest BCUT2D eigenvalue weighted by molar-refractivity contribution is 1.18. The molecule has 4 heteroatoms. The molecule has 2 aromatic heterocycles. The summed E-state index contributed by atoms with van der Waals surface area (Å²) in [5.74, 6) is 0. The Bertz CT molecular complexity index is 2710. The Labute approximate surface area is 277 Å². The van der Waals surface area contributed by atoms with Crippen LogP contribution in [0.2, 0.25) is 0 Å². The Morgan fingerprint density at radius 3 is 1.38 bits per heavy atom. The van der Waals surface area contributed by atoms with Gasteiger partial charge in [-0.05, 0) is 71.3 Å². The number of nitriles is 2. The minimum Gasteiger partial charge on any atom is -0.309 e. The van der Waals surface area contributed by atoms with Crippen molar-refractivity contribution in [3.63, 3.8) is 0 Å². The molecule has 0 aliphatic rings. The van der Waals surface area contributed by atoms with Crippen LogP contribution in [0.25, 0.3) is 77.2 Å². The van der Waals surface area contributed by atoms with Crippen LogP contribution in [0.1, 0.15) is 11.1 Å². The van der Waals surface area contributed by atoms with E-state index >= 15 is 0 Å². The maximum Gasteiger partial charge on any atom is 0.101 e. The van der Waals surface area contributed by atoms with Crippen LogP contribution < -0.4 is 0 Å². The molecule has 0 atom stereocenters. The van der Waals surface area contributed by atoms with Crippen molar-refractivity contribution in [2.24, 2.45) is 0 Å². The maximum atomic E-state index is 10.2. The molecule has 4 nitrogen and oxygen atoms in total. The number of benzene rings is 7. The van der Waals surface area contributed by atoms with Gasteiger partial charge in [0.1, 0.15) is 12.1 Å². The second kappa shape index (κ2) is 10.9. The van der Waals surface area contributed by atoms with Gasteiger partial charge in [-0.1, -0.05) is 103 Å². The summed E-state index contributed by atoms with van der Waals surface area (Å²) in [6.45, 7) is 0. The van der Waals surface area contributed by atoms with E-state index in [2.05, 4.69) is 161 Å². The summed E-state index contributed by atoms with van der Waals surface area (Å²) in [6.07, 6.45) is 0. The van der Waals surface area contributed by atoms with E-state index in [0.717, 1.165) is 55.7 Å². The summed E-state index contributed by atoms with van der Waals surface area (Å²) in [5.41, 5.74) is 10.9. The van der Waals surface area contributed by atoms with Crippen LogP contribution in [-0.4, -0.2) is 9.13 Å². The van der Waals surface area contributed by atoms with Crippen molar-refractivity contribution in [2.45, 2.75) is 0 Å². The van der Waals surface area contributed by atoms with Gasteiger partial charge in [0.25, 0.3) is 0 Å². The van der Waals surface area contributed by atoms with Crippen LogP contribution in [0.15, 0.2) is 158 Å². The molecule has 9 rings (SSSR count). The Morgan fingerprint density at radius 2 is 0.833 bits per heavy atom. The standard InChI is InChI=1S/C44H26N4/c45-27-30-25-38(29-12-11-13-32(24-29)47-40-19-6-1-14-33(40)34-15-2-7-20-41(34)47)39(26-31(30)28-46)37-18-5-10-23-44(37)48-42-21-8-3-16-35(42)36-17-4-9-22-43(36)48/h1-26H. The molecule has 0 unspecified atom stereocenters. The predicted octanol–water partition coefficient (Wildman–Crippen LogP) is 11.0. The van der Waals surface area contributed by atoms with Crippen LogP contribution in [0, 0.1) is 22.7 Å². The van der Waals surface area contributed by atoms with Crippen LogP contribution >= 0.6 is 0 Å². The summed E-state index contributed by atoms with van der Waals surface area (Å²) in [6, 6.07) is 59.0. The zero-order valence-corrected chi connectivity index (χ0v) is 25.8. The van der Waals surface area contributed by atoms with Gasteiger partial charge in [-0.25, -0.2) is 0 Å². The van der Waals surface area contributed by atoms with Gasteiger partial charge in [0.2, 0.25) is 0 Å². The van der Waals surface area contributed by atoms with Gasteiger partial charge >= 0.3 is 0 Å². The lowest BCUT2D eigenvalue weighted by Crippen LogP contribution is -2.00. The topological polar surface area (TPSA) is 57.4 Å². The van der Waals surface area contributed by atoms with Crippen molar-refractivity contribution in [3.8, 4) is 45.8 Å². The molecule has 2 heterocycles. The minimum absolute atomic E-state index is 0.354. The highest BCUT2D eigenvalue weighted by atomic mass is 15.0. The molecule has 0 N–H and O–H groups in total. The molecule has 7 aromatic carbocycles. The molecular formula is C44H26N4. The molecule has 0 saturated carbocycles. The summed E-state index contributed by atoms with van der Waals surface area (Å²) >= 11 is 0. The molecule has 0 aliphatic heterocycles. The van der Waals surface area contributed by atoms with E-state index in [4.69, 9.17) is 0 Å². The third-order valence-electron chi connectivity index (χ3n) is 9.41. The summed E-state index contributed by atoms with van der Waals surface area (Å²) in [7, 11) is 0. The van der Waals surface area contributed by atoms with E-state index in [-0.39, 0.29) is 0 Å². The second-order valence-electron chi connectivity index (χ2n) is 12.0. The van der Waals surface area contributed by atoms with Crippen molar-refractivity contribution in [2.75, 3.05) is 0 Å². The Morgan fingerprint density at radius 1 is 0.375 bits per heavy atom. The van der Waals surface area contributed by atoms with Gasteiger partial charge in [-0.15, -0.1) is 0 Å². The fourth-order valence-corrected chi connectivity index (χ4v) is 7.34. The number of hydrogen-bond donors (Lipinski definition) is 0. The average Bonchev–Trinajstić information content (AvgIpc) is 3.67. The SMILES string of the molecule is N#Cc1cc(-c2cccc(-n3c4ccccc4c4ccccc43)c2)c(-c2ccccc2-n2c3ccccc3c3ccccc32)cc1C#N. The fourth-order valence-electron chi connectivity index (χ4n) is 7.34. The predicted molar refractivity (Wildman–Crippen MR) is 195 cm³/mol. The first-order valence-electron chi connectivity index (χ1n) is 15.9. The van der Waals surface area contributed by atoms with E-state index in [1.807, 2.05) is 18.2 Å². The molecule has 0 aliphatic carbocycles. The molecule has 0 spiro atoms. The van der Waals surface area contributed by atoms with Crippen molar-refractivity contribution in [3.05, 3.63) is 169 Å². The van der Waals surface area contributed by atoms with Crippen molar-refractivity contribution in [1.82, 2.24) is 9.13 Å². The third-order valence-corrected chi connectivity index (χ3v) is 9.41. The van der Waals surface area contributed by atoms with Gasteiger partial charge in [-0.3, -0.25) is 0 Å². The average molecular weight is 611 g/mol. The summed E-state index contributed by atoms with van der Waals surface area (Å²) < 4.78 is 4.61. The van der Waals surface area contributed by atoms with Gasteiger partial charge < -0.3 is 9.13 Å². The van der Waals surface area contributed by atoms with E-state index in [1.54, 1.807) is 0 Å². The second-order valence-corrected chi connectivity index (χ2v) is 12.0.